The number of thioether (sulfide) groups is 1. The highest BCUT2D eigenvalue weighted by molar-refractivity contribution is 8.00. The lowest BCUT2D eigenvalue weighted by Crippen LogP contribution is -2.22. The number of ether oxygens (including phenoxy) is 1. The number of para-hydroxylation sites is 2. The van der Waals surface area contributed by atoms with E-state index in [-0.39, 0.29) is 17.1 Å². The topological polar surface area (TPSA) is 67.4 Å². The summed E-state index contributed by atoms with van der Waals surface area (Å²) in [6.45, 7) is 3.83. The van der Waals surface area contributed by atoms with Crippen LogP contribution in [0.1, 0.15) is 22.8 Å². The van der Waals surface area contributed by atoms with Gasteiger partial charge in [-0.3, -0.25) is 9.59 Å². The Bertz CT molecular complexity index is 1020. The fourth-order valence-corrected chi connectivity index (χ4v) is 3.63. The molecule has 0 aliphatic heterocycles. The average molecular weight is 421 g/mol. The molecule has 5 nitrogen and oxygen atoms in total. The van der Waals surface area contributed by atoms with E-state index < -0.39 is 0 Å². The Morgan fingerprint density at radius 3 is 2.23 bits per heavy atom. The second-order valence-corrected chi connectivity index (χ2v) is 8.21. The first-order valence-electron chi connectivity index (χ1n) is 9.55. The first kappa shape index (κ1) is 21.5. The first-order valence-corrected chi connectivity index (χ1v) is 10.4. The van der Waals surface area contributed by atoms with Crippen molar-refractivity contribution in [3.8, 4) is 5.75 Å². The highest BCUT2D eigenvalue weighted by atomic mass is 32.2. The number of rotatable bonds is 7. The van der Waals surface area contributed by atoms with Crippen molar-refractivity contribution in [2.75, 3.05) is 17.7 Å². The summed E-state index contributed by atoms with van der Waals surface area (Å²) >= 11 is 1.44. The minimum Gasteiger partial charge on any atom is -0.495 e. The molecule has 0 fully saturated rings. The molecule has 0 saturated heterocycles. The Hall–Kier alpha value is -3.25. The molecule has 0 saturated carbocycles. The van der Waals surface area contributed by atoms with E-state index in [1.54, 1.807) is 31.4 Å². The smallest absolute Gasteiger partial charge is 0.255 e. The molecular formula is C24H24N2O3S. The molecule has 0 bridgehead atoms. The lowest BCUT2D eigenvalue weighted by atomic mass is 10.1. The summed E-state index contributed by atoms with van der Waals surface area (Å²) < 4.78 is 5.27. The van der Waals surface area contributed by atoms with Crippen molar-refractivity contribution in [2.24, 2.45) is 0 Å². The van der Waals surface area contributed by atoms with Crippen LogP contribution in [0.25, 0.3) is 0 Å². The summed E-state index contributed by atoms with van der Waals surface area (Å²) in [5.41, 5.74) is 3.07. The van der Waals surface area contributed by atoms with Gasteiger partial charge in [-0.2, -0.15) is 0 Å². The Balaban J connectivity index is 1.57. The Kier molecular flexibility index (Phi) is 7.14. The number of hydrogen-bond acceptors (Lipinski definition) is 4. The van der Waals surface area contributed by atoms with Crippen LogP contribution in [0.15, 0.2) is 77.7 Å². The molecule has 2 amide bonds. The van der Waals surface area contributed by atoms with Gasteiger partial charge in [-0.05, 0) is 62.4 Å². The molecular weight excluding hydrogens is 396 g/mol. The monoisotopic (exact) mass is 420 g/mol. The molecule has 0 heterocycles. The number of methoxy groups -OCH3 is 1. The van der Waals surface area contributed by atoms with Crippen LogP contribution in [0, 0.1) is 6.92 Å². The van der Waals surface area contributed by atoms with Gasteiger partial charge in [0.1, 0.15) is 5.75 Å². The first-order chi connectivity index (χ1) is 14.5. The van der Waals surface area contributed by atoms with Crippen LogP contribution < -0.4 is 15.4 Å². The van der Waals surface area contributed by atoms with Crippen LogP contribution in [0.2, 0.25) is 0 Å². The molecule has 30 heavy (non-hydrogen) atoms. The number of nitrogens with one attached hydrogen (secondary N) is 2. The number of benzene rings is 3. The summed E-state index contributed by atoms with van der Waals surface area (Å²) in [7, 11) is 1.57. The van der Waals surface area contributed by atoms with Crippen LogP contribution in [0.5, 0.6) is 5.75 Å². The molecule has 0 radical (unpaired) electrons. The predicted molar refractivity (Wildman–Crippen MR) is 123 cm³/mol. The molecule has 154 valence electrons. The van der Waals surface area contributed by atoms with Crippen LogP contribution in [-0.2, 0) is 4.79 Å². The van der Waals surface area contributed by atoms with Crippen molar-refractivity contribution in [1.29, 1.82) is 0 Å². The van der Waals surface area contributed by atoms with E-state index in [1.165, 1.54) is 11.8 Å². The third-order valence-corrected chi connectivity index (χ3v) is 5.58. The summed E-state index contributed by atoms with van der Waals surface area (Å²) in [6.07, 6.45) is 0. The molecule has 1 atom stereocenters. The molecule has 0 aliphatic carbocycles. The molecule has 0 aromatic heterocycles. The molecule has 2 N–H and O–H groups in total. The normalized spacial score (nSPS) is 11.4. The molecule has 0 spiro atoms. The molecule has 3 aromatic carbocycles. The van der Waals surface area contributed by atoms with E-state index in [4.69, 9.17) is 4.74 Å². The maximum atomic E-state index is 12.5. The number of anilines is 2. The van der Waals surface area contributed by atoms with Gasteiger partial charge in [0.2, 0.25) is 5.91 Å². The number of carbonyl (C=O) groups excluding carboxylic acids is 2. The zero-order valence-electron chi connectivity index (χ0n) is 17.1. The van der Waals surface area contributed by atoms with Gasteiger partial charge in [-0.15, -0.1) is 11.8 Å². The molecule has 0 aliphatic rings. The fourth-order valence-electron chi connectivity index (χ4n) is 2.76. The third kappa shape index (κ3) is 5.64. The average Bonchev–Trinajstić information content (AvgIpc) is 2.75. The van der Waals surface area contributed by atoms with Gasteiger partial charge in [0.25, 0.3) is 5.91 Å². The SMILES string of the molecule is COc1ccccc1NC(=O)C(C)Sc1ccc(NC(=O)c2ccc(C)cc2)cc1. The zero-order chi connectivity index (χ0) is 21.5. The van der Waals surface area contributed by atoms with Crippen molar-refractivity contribution >= 4 is 35.0 Å². The van der Waals surface area contributed by atoms with Crippen molar-refractivity contribution < 1.29 is 14.3 Å². The highest BCUT2D eigenvalue weighted by Gasteiger charge is 2.16. The minimum absolute atomic E-state index is 0.110. The zero-order valence-corrected chi connectivity index (χ0v) is 18.0. The van der Waals surface area contributed by atoms with E-state index in [2.05, 4.69) is 10.6 Å². The quantitative estimate of drug-likeness (QED) is 0.504. The van der Waals surface area contributed by atoms with E-state index in [0.717, 1.165) is 10.5 Å². The highest BCUT2D eigenvalue weighted by Crippen LogP contribution is 2.28. The molecule has 6 heteroatoms. The van der Waals surface area contributed by atoms with Gasteiger partial charge >= 0.3 is 0 Å². The molecule has 3 rings (SSSR count). The minimum atomic E-state index is -0.303. The summed E-state index contributed by atoms with van der Waals surface area (Å²) in [6, 6.07) is 22.2. The van der Waals surface area contributed by atoms with Gasteiger partial charge in [0.05, 0.1) is 18.0 Å². The second kappa shape index (κ2) is 9.98. The Labute approximate surface area is 180 Å². The standard InChI is InChI=1S/C24H24N2O3S/c1-16-8-10-18(11-9-16)24(28)25-19-12-14-20(15-13-19)30-17(2)23(27)26-21-6-4-5-7-22(21)29-3/h4-15,17H,1-3H3,(H,25,28)(H,26,27). The van der Waals surface area contributed by atoms with Crippen LogP contribution in [0.4, 0.5) is 11.4 Å². The van der Waals surface area contributed by atoms with Gasteiger partial charge in [0, 0.05) is 16.1 Å². The van der Waals surface area contributed by atoms with Crippen molar-refractivity contribution in [3.63, 3.8) is 0 Å². The Morgan fingerprint density at radius 1 is 0.900 bits per heavy atom. The van der Waals surface area contributed by atoms with Crippen LogP contribution >= 0.6 is 11.8 Å². The molecule has 3 aromatic rings. The van der Waals surface area contributed by atoms with Crippen LogP contribution in [-0.4, -0.2) is 24.2 Å². The predicted octanol–water partition coefficient (Wildman–Crippen LogP) is 5.38. The lowest BCUT2D eigenvalue weighted by molar-refractivity contribution is -0.115. The van der Waals surface area contributed by atoms with Gasteiger partial charge < -0.3 is 15.4 Å². The van der Waals surface area contributed by atoms with E-state index >= 15 is 0 Å². The number of amides is 2. The maximum Gasteiger partial charge on any atom is 0.255 e. The van der Waals surface area contributed by atoms with E-state index in [0.29, 0.717) is 22.7 Å². The summed E-state index contributed by atoms with van der Waals surface area (Å²) in [4.78, 5) is 25.8. The van der Waals surface area contributed by atoms with Crippen molar-refractivity contribution in [1.82, 2.24) is 0 Å². The van der Waals surface area contributed by atoms with Gasteiger partial charge in [0.15, 0.2) is 0 Å². The molecule has 1 unspecified atom stereocenters. The third-order valence-electron chi connectivity index (χ3n) is 4.47. The lowest BCUT2D eigenvalue weighted by Gasteiger charge is -2.14. The fraction of sp³-hybridized carbons (Fsp3) is 0.167. The largest absolute Gasteiger partial charge is 0.495 e. The second-order valence-electron chi connectivity index (χ2n) is 6.79. The number of hydrogen-bond donors (Lipinski definition) is 2. The Morgan fingerprint density at radius 2 is 1.57 bits per heavy atom. The van der Waals surface area contributed by atoms with E-state index in [9.17, 15) is 9.59 Å². The maximum absolute atomic E-state index is 12.5. The number of carbonyl (C=O) groups is 2. The van der Waals surface area contributed by atoms with E-state index in [1.807, 2.05) is 62.4 Å². The van der Waals surface area contributed by atoms with Crippen molar-refractivity contribution in [3.05, 3.63) is 83.9 Å². The van der Waals surface area contributed by atoms with Crippen molar-refractivity contribution in [2.45, 2.75) is 24.0 Å². The summed E-state index contributed by atoms with van der Waals surface area (Å²) in [5.74, 6) is 0.359. The van der Waals surface area contributed by atoms with Gasteiger partial charge in [-0.1, -0.05) is 29.8 Å². The van der Waals surface area contributed by atoms with Crippen LogP contribution in [0.3, 0.4) is 0 Å². The number of aryl methyl sites for hydroxylation is 1. The summed E-state index contributed by atoms with van der Waals surface area (Å²) in [5, 5.41) is 5.48. The van der Waals surface area contributed by atoms with Gasteiger partial charge in [-0.25, -0.2) is 0 Å².